The van der Waals surface area contributed by atoms with Crippen LogP contribution in [-0.4, -0.2) is 79.5 Å². The molecule has 1 saturated carbocycles. The molecule has 0 atom stereocenters. The van der Waals surface area contributed by atoms with Crippen molar-refractivity contribution >= 4 is 33.7 Å². The number of aryl methyl sites for hydroxylation is 2. The summed E-state index contributed by atoms with van der Waals surface area (Å²) < 4.78 is 9.13. The summed E-state index contributed by atoms with van der Waals surface area (Å²) >= 11 is 1.47. The van der Waals surface area contributed by atoms with Crippen LogP contribution in [0.4, 0.5) is 5.69 Å². The Morgan fingerprint density at radius 2 is 2.03 bits per heavy atom. The number of amides is 2. The first-order valence-electron chi connectivity index (χ1n) is 12.8. The van der Waals surface area contributed by atoms with Gasteiger partial charge in [-0.1, -0.05) is 0 Å². The molecule has 0 bridgehead atoms. The van der Waals surface area contributed by atoms with E-state index in [9.17, 15) is 9.59 Å². The van der Waals surface area contributed by atoms with Gasteiger partial charge in [-0.25, -0.2) is 4.52 Å². The van der Waals surface area contributed by atoms with Crippen molar-refractivity contribution in [1.29, 1.82) is 0 Å². The van der Waals surface area contributed by atoms with Gasteiger partial charge in [0.25, 0.3) is 11.8 Å². The maximum absolute atomic E-state index is 13.2. The predicted molar refractivity (Wildman–Crippen MR) is 144 cm³/mol. The Labute approximate surface area is 223 Å². The summed E-state index contributed by atoms with van der Waals surface area (Å²) in [6.45, 7) is 5.55. The molecule has 12 heteroatoms. The lowest BCUT2D eigenvalue weighted by molar-refractivity contribution is -0.105. The minimum atomic E-state index is -0.305. The van der Waals surface area contributed by atoms with Gasteiger partial charge in [-0.15, -0.1) is 11.3 Å². The zero-order valence-corrected chi connectivity index (χ0v) is 22.3. The SMILES string of the molecule is Cc1ncc(C(=O)NCCN2CCOCC23CCC3)cc1NC(=O)c1cnn2cc(-c3cnn(C)c3)sc12. The van der Waals surface area contributed by atoms with E-state index in [2.05, 4.69) is 30.7 Å². The molecule has 5 heterocycles. The second-order valence-corrected chi connectivity index (χ2v) is 11.0. The van der Waals surface area contributed by atoms with E-state index in [0.717, 1.165) is 54.4 Å². The van der Waals surface area contributed by atoms with E-state index < -0.39 is 0 Å². The van der Waals surface area contributed by atoms with Crippen molar-refractivity contribution in [3.63, 3.8) is 0 Å². The third-order valence-electron chi connectivity index (χ3n) is 7.53. The standard InChI is InChI=1S/C26H30N8O3S/c1-17-21(31-24(36)20-13-30-34-15-22(38-25(20)34)19-12-29-32(2)14-19)10-18(11-28-17)23(35)27-6-7-33-8-9-37-16-26(33)4-3-5-26/h10-15H,3-9,16H2,1-2H3,(H,27,35)(H,31,36). The van der Waals surface area contributed by atoms with Crippen molar-refractivity contribution in [1.82, 2.24) is 34.6 Å². The number of carbonyl (C=O) groups is 2. The van der Waals surface area contributed by atoms with Gasteiger partial charge in [-0.3, -0.25) is 24.2 Å². The fourth-order valence-corrected chi connectivity index (χ4v) is 6.20. The normalized spacial score (nSPS) is 17.0. The highest BCUT2D eigenvalue weighted by molar-refractivity contribution is 7.21. The van der Waals surface area contributed by atoms with Crippen molar-refractivity contribution in [3.05, 3.63) is 53.9 Å². The summed E-state index contributed by atoms with van der Waals surface area (Å²) in [5.41, 5.74) is 3.10. The van der Waals surface area contributed by atoms with E-state index in [-0.39, 0.29) is 17.4 Å². The van der Waals surface area contributed by atoms with Gasteiger partial charge in [0.05, 0.1) is 53.0 Å². The van der Waals surface area contributed by atoms with Gasteiger partial charge in [0.2, 0.25) is 0 Å². The molecule has 1 aliphatic heterocycles. The summed E-state index contributed by atoms with van der Waals surface area (Å²) in [5.74, 6) is -0.517. The van der Waals surface area contributed by atoms with E-state index in [1.54, 1.807) is 40.8 Å². The molecule has 2 fully saturated rings. The Morgan fingerprint density at radius 3 is 2.79 bits per heavy atom. The van der Waals surface area contributed by atoms with Gasteiger partial charge in [-0.2, -0.15) is 10.2 Å². The smallest absolute Gasteiger partial charge is 0.260 e. The molecule has 2 amide bonds. The first-order valence-corrected chi connectivity index (χ1v) is 13.6. The number of hydrogen-bond donors (Lipinski definition) is 2. The zero-order chi connectivity index (χ0) is 26.3. The number of rotatable bonds is 7. The number of nitrogens with zero attached hydrogens (tertiary/aromatic N) is 6. The monoisotopic (exact) mass is 534 g/mol. The quantitative estimate of drug-likeness (QED) is 0.374. The van der Waals surface area contributed by atoms with Crippen LogP contribution in [0.15, 0.2) is 37.1 Å². The minimum absolute atomic E-state index is 0.159. The van der Waals surface area contributed by atoms with Crippen LogP contribution in [0.25, 0.3) is 15.3 Å². The van der Waals surface area contributed by atoms with Crippen LogP contribution in [0.2, 0.25) is 0 Å². The summed E-state index contributed by atoms with van der Waals surface area (Å²) in [6.07, 6.45) is 12.2. The third kappa shape index (κ3) is 4.59. The number of fused-ring (bicyclic) bond motifs is 1. The van der Waals surface area contributed by atoms with E-state index in [1.807, 2.05) is 19.4 Å². The number of pyridine rings is 1. The predicted octanol–water partition coefficient (Wildman–Crippen LogP) is 2.74. The van der Waals surface area contributed by atoms with E-state index in [4.69, 9.17) is 4.74 Å². The molecule has 6 rings (SSSR count). The highest BCUT2D eigenvalue weighted by Gasteiger charge is 2.44. The van der Waals surface area contributed by atoms with Crippen LogP contribution in [0, 0.1) is 6.92 Å². The lowest BCUT2D eigenvalue weighted by Gasteiger charge is -2.52. The van der Waals surface area contributed by atoms with Gasteiger partial charge in [0, 0.05) is 56.4 Å². The molecule has 4 aromatic heterocycles. The lowest BCUT2D eigenvalue weighted by atomic mass is 9.75. The Bertz CT molecular complexity index is 1500. The van der Waals surface area contributed by atoms with Crippen LogP contribution in [0.3, 0.4) is 0 Å². The number of ether oxygens (including phenoxy) is 1. The van der Waals surface area contributed by atoms with Crippen molar-refractivity contribution in [2.45, 2.75) is 31.7 Å². The van der Waals surface area contributed by atoms with Crippen LogP contribution < -0.4 is 10.6 Å². The number of morpholine rings is 1. The number of aromatic nitrogens is 5. The van der Waals surface area contributed by atoms with Gasteiger partial charge in [0.1, 0.15) is 4.83 Å². The van der Waals surface area contributed by atoms with Crippen molar-refractivity contribution in [3.8, 4) is 10.4 Å². The zero-order valence-electron chi connectivity index (χ0n) is 21.4. The average molecular weight is 535 g/mol. The Kier molecular flexibility index (Phi) is 6.46. The number of anilines is 1. The van der Waals surface area contributed by atoms with Crippen LogP contribution in [0.1, 0.15) is 45.7 Å². The van der Waals surface area contributed by atoms with Crippen molar-refractivity contribution < 1.29 is 14.3 Å². The third-order valence-corrected chi connectivity index (χ3v) is 8.69. The van der Waals surface area contributed by atoms with Crippen LogP contribution in [-0.2, 0) is 11.8 Å². The van der Waals surface area contributed by atoms with E-state index in [1.165, 1.54) is 17.8 Å². The molecule has 38 heavy (non-hydrogen) atoms. The average Bonchev–Trinajstić information content (AvgIpc) is 3.60. The van der Waals surface area contributed by atoms with Gasteiger partial charge < -0.3 is 15.4 Å². The number of nitrogens with one attached hydrogen (secondary N) is 2. The number of carbonyl (C=O) groups excluding carboxylic acids is 2. The molecule has 0 radical (unpaired) electrons. The van der Waals surface area contributed by atoms with Gasteiger partial charge >= 0.3 is 0 Å². The molecule has 1 aliphatic carbocycles. The first kappa shape index (κ1) is 24.7. The molecule has 4 aromatic rings. The second-order valence-electron chi connectivity index (χ2n) is 9.99. The van der Waals surface area contributed by atoms with Gasteiger partial charge in [0.15, 0.2) is 0 Å². The number of thiazole rings is 1. The Balaban J connectivity index is 1.12. The maximum Gasteiger partial charge on any atom is 0.260 e. The molecular formula is C26H30N8O3S. The molecule has 198 valence electrons. The van der Waals surface area contributed by atoms with E-state index in [0.29, 0.717) is 29.1 Å². The molecule has 1 spiro atoms. The Morgan fingerprint density at radius 1 is 1.16 bits per heavy atom. The van der Waals surface area contributed by atoms with Crippen LogP contribution >= 0.6 is 11.3 Å². The van der Waals surface area contributed by atoms with E-state index >= 15 is 0 Å². The fraction of sp³-hybridized carbons (Fsp3) is 0.423. The maximum atomic E-state index is 13.2. The summed E-state index contributed by atoms with van der Waals surface area (Å²) in [4.78, 5) is 34.6. The molecule has 0 aromatic carbocycles. The summed E-state index contributed by atoms with van der Waals surface area (Å²) in [7, 11) is 1.86. The topological polar surface area (TPSA) is 119 Å². The fourth-order valence-electron chi connectivity index (χ4n) is 5.16. The highest BCUT2D eigenvalue weighted by Crippen LogP contribution is 2.39. The van der Waals surface area contributed by atoms with Crippen LogP contribution in [0.5, 0.6) is 0 Å². The molecular weight excluding hydrogens is 504 g/mol. The summed E-state index contributed by atoms with van der Waals surface area (Å²) in [5, 5.41) is 14.5. The highest BCUT2D eigenvalue weighted by atomic mass is 32.1. The number of hydrogen-bond acceptors (Lipinski definition) is 8. The molecule has 2 aliphatic rings. The molecule has 11 nitrogen and oxygen atoms in total. The second kappa shape index (κ2) is 9.93. The van der Waals surface area contributed by atoms with Gasteiger partial charge in [-0.05, 0) is 32.3 Å². The lowest BCUT2D eigenvalue weighted by Crippen LogP contribution is -2.62. The largest absolute Gasteiger partial charge is 0.378 e. The van der Waals surface area contributed by atoms with Crippen molar-refractivity contribution in [2.24, 2.45) is 7.05 Å². The minimum Gasteiger partial charge on any atom is -0.378 e. The molecule has 1 saturated heterocycles. The molecule has 2 N–H and O–H groups in total. The summed E-state index contributed by atoms with van der Waals surface area (Å²) in [6, 6.07) is 1.67. The van der Waals surface area contributed by atoms with Crippen molar-refractivity contribution in [2.75, 3.05) is 38.2 Å². The first-order chi connectivity index (χ1) is 18.4. The molecule has 0 unspecified atom stereocenters. The Hall–Kier alpha value is -3.61.